The lowest BCUT2D eigenvalue weighted by Crippen LogP contribution is -1.81. The molecule has 0 fully saturated rings. The highest BCUT2D eigenvalue weighted by Crippen LogP contribution is 2.17. The minimum atomic E-state index is 0.728. The summed E-state index contributed by atoms with van der Waals surface area (Å²) in [5, 5.41) is 0.728. The Morgan fingerprint density at radius 2 is 1.65 bits per heavy atom. The van der Waals surface area contributed by atoms with E-state index in [0.717, 1.165) is 22.0 Å². The molecule has 0 radical (unpaired) electrons. The summed E-state index contributed by atoms with van der Waals surface area (Å²) >= 11 is 5.80. The first-order valence-corrected chi connectivity index (χ1v) is 5.59. The quantitative estimate of drug-likeness (QED) is 0.746. The van der Waals surface area contributed by atoms with Crippen LogP contribution < -0.4 is 4.74 Å². The summed E-state index contributed by atoms with van der Waals surface area (Å²) in [5.74, 6) is 0.829. The Bertz CT molecular complexity index is 503. The van der Waals surface area contributed by atoms with Crippen LogP contribution >= 0.6 is 11.6 Å². The highest BCUT2D eigenvalue weighted by atomic mass is 35.5. The van der Waals surface area contributed by atoms with Gasteiger partial charge in [-0.2, -0.15) is 0 Å². The molecule has 0 spiro atoms. The number of halogens is 1. The smallest absolute Gasteiger partial charge is 0.119 e. The van der Waals surface area contributed by atoms with E-state index in [1.54, 1.807) is 13.3 Å². The molecule has 0 atom stereocenters. The number of ether oxygens (including phenoxy) is 1. The Labute approximate surface area is 106 Å². The van der Waals surface area contributed by atoms with E-state index in [1.807, 2.05) is 48.5 Å². The number of methoxy groups -OCH3 is 1. The molecular formula is C14H12ClNO. The van der Waals surface area contributed by atoms with Gasteiger partial charge in [-0.1, -0.05) is 23.7 Å². The molecule has 0 aromatic heterocycles. The molecule has 0 N–H and O–H groups in total. The predicted molar refractivity (Wildman–Crippen MR) is 71.7 cm³/mol. The van der Waals surface area contributed by atoms with E-state index in [2.05, 4.69) is 4.99 Å². The van der Waals surface area contributed by atoms with E-state index in [4.69, 9.17) is 16.3 Å². The summed E-state index contributed by atoms with van der Waals surface area (Å²) in [6.07, 6.45) is 1.80. The van der Waals surface area contributed by atoms with Crippen molar-refractivity contribution in [1.82, 2.24) is 0 Å². The molecule has 0 bridgehead atoms. The van der Waals surface area contributed by atoms with E-state index < -0.39 is 0 Å². The molecule has 0 amide bonds. The summed E-state index contributed by atoms with van der Waals surface area (Å²) in [6.45, 7) is 0. The molecule has 2 aromatic carbocycles. The summed E-state index contributed by atoms with van der Waals surface area (Å²) in [6, 6.07) is 15.1. The van der Waals surface area contributed by atoms with Gasteiger partial charge in [-0.05, 0) is 42.0 Å². The average Bonchev–Trinajstić information content (AvgIpc) is 2.39. The minimum absolute atomic E-state index is 0.728. The number of hydrogen-bond acceptors (Lipinski definition) is 2. The zero-order valence-corrected chi connectivity index (χ0v) is 10.2. The number of benzene rings is 2. The van der Waals surface area contributed by atoms with Gasteiger partial charge in [-0.3, -0.25) is 4.99 Å². The molecule has 2 rings (SSSR count). The number of rotatable bonds is 3. The molecule has 0 heterocycles. The topological polar surface area (TPSA) is 21.6 Å². The molecule has 0 aliphatic heterocycles. The molecule has 0 aliphatic rings. The molecule has 3 heteroatoms. The Kier molecular flexibility index (Phi) is 3.78. The van der Waals surface area contributed by atoms with E-state index in [1.165, 1.54) is 0 Å². The van der Waals surface area contributed by atoms with E-state index >= 15 is 0 Å². The maximum absolute atomic E-state index is 5.80. The van der Waals surface area contributed by atoms with Crippen LogP contribution in [0.2, 0.25) is 5.02 Å². The fourth-order valence-electron chi connectivity index (χ4n) is 1.37. The largest absolute Gasteiger partial charge is 0.497 e. The molecular weight excluding hydrogens is 234 g/mol. The van der Waals surface area contributed by atoms with Crippen LogP contribution in [-0.4, -0.2) is 13.3 Å². The van der Waals surface area contributed by atoms with Crippen molar-refractivity contribution in [2.45, 2.75) is 0 Å². The molecule has 2 nitrogen and oxygen atoms in total. The van der Waals surface area contributed by atoms with E-state index in [0.29, 0.717) is 0 Å². The first-order valence-electron chi connectivity index (χ1n) is 5.21. The van der Waals surface area contributed by atoms with Gasteiger partial charge in [-0.25, -0.2) is 0 Å². The SMILES string of the molecule is COc1ccc(/N=C/c2ccc(Cl)cc2)cc1. The van der Waals surface area contributed by atoms with Crippen LogP contribution in [0, 0.1) is 0 Å². The molecule has 17 heavy (non-hydrogen) atoms. The number of aliphatic imine (C=N–C) groups is 1. The van der Waals surface area contributed by atoms with E-state index in [9.17, 15) is 0 Å². The van der Waals surface area contributed by atoms with Crippen LogP contribution in [0.25, 0.3) is 0 Å². The second kappa shape index (κ2) is 5.51. The molecule has 0 saturated heterocycles. The Balaban J connectivity index is 2.11. The first-order chi connectivity index (χ1) is 8.28. The van der Waals surface area contributed by atoms with Gasteiger partial charge in [0.1, 0.15) is 5.75 Å². The Morgan fingerprint density at radius 1 is 1.00 bits per heavy atom. The average molecular weight is 246 g/mol. The lowest BCUT2D eigenvalue weighted by Gasteiger charge is -1.99. The van der Waals surface area contributed by atoms with Crippen molar-refractivity contribution in [3.63, 3.8) is 0 Å². The molecule has 0 aliphatic carbocycles. The molecule has 86 valence electrons. The molecule has 0 saturated carbocycles. The van der Waals surface area contributed by atoms with Crippen molar-refractivity contribution in [2.75, 3.05) is 7.11 Å². The highest BCUT2D eigenvalue weighted by Gasteiger charge is 1.92. The van der Waals surface area contributed by atoms with Crippen LogP contribution in [0.4, 0.5) is 5.69 Å². The second-order valence-electron chi connectivity index (χ2n) is 3.51. The van der Waals surface area contributed by atoms with Crippen molar-refractivity contribution >= 4 is 23.5 Å². The lowest BCUT2D eigenvalue weighted by molar-refractivity contribution is 0.415. The first kappa shape index (κ1) is 11.7. The normalized spacial score (nSPS) is 10.7. The predicted octanol–water partition coefficient (Wildman–Crippen LogP) is 4.10. The second-order valence-corrected chi connectivity index (χ2v) is 3.94. The molecule has 2 aromatic rings. The van der Waals surface area contributed by atoms with Gasteiger partial charge < -0.3 is 4.74 Å². The van der Waals surface area contributed by atoms with Gasteiger partial charge >= 0.3 is 0 Å². The lowest BCUT2D eigenvalue weighted by atomic mass is 10.2. The van der Waals surface area contributed by atoms with Crippen LogP contribution in [0.3, 0.4) is 0 Å². The Hall–Kier alpha value is -1.80. The van der Waals surface area contributed by atoms with Gasteiger partial charge in [0.25, 0.3) is 0 Å². The third-order valence-electron chi connectivity index (χ3n) is 2.31. The zero-order valence-electron chi connectivity index (χ0n) is 9.43. The van der Waals surface area contributed by atoms with Crippen molar-refractivity contribution < 1.29 is 4.74 Å². The van der Waals surface area contributed by atoms with Crippen LogP contribution in [0.5, 0.6) is 5.75 Å². The van der Waals surface area contributed by atoms with Gasteiger partial charge in [0.05, 0.1) is 12.8 Å². The van der Waals surface area contributed by atoms with Crippen molar-refractivity contribution in [1.29, 1.82) is 0 Å². The maximum atomic E-state index is 5.80. The fourth-order valence-corrected chi connectivity index (χ4v) is 1.49. The summed E-state index contributed by atoms with van der Waals surface area (Å²) in [4.78, 5) is 4.36. The van der Waals surface area contributed by atoms with Crippen molar-refractivity contribution in [3.05, 3.63) is 59.1 Å². The summed E-state index contributed by atoms with van der Waals surface area (Å²) in [5.41, 5.74) is 1.91. The van der Waals surface area contributed by atoms with E-state index in [-0.39, 0.29) is 0 Å². The third kappa shape index (κ3) is 3.33. The van der Waals surface area contributed by atoms with Crippen LogP contribution in [-0.2, 0) is 0 Å². The zero-order chi connectivity index (χ0) is 12.1. The van der Waals surface area contributed by atoms with Gasteiger partial charge in [0.2, 0.25) is 0 Å². The third-order valence-corrected chi connectivity index (χ3v) is 2.56. The van der Waals surface area contributed by atoms with Crippen molar-refractivity contribution in [2.24, 2.45) is 4.99 Å². The number of nitrogens with zero attached hydrogens (tertiary/aromatic N) is 1. The maximum Gasteiger partial charge on any atom is 0.119 e. The standard InChI is InChI=1S/C14H12ClNO/c1-17-14-8-6-13(7-9-14)16-10-11-2-4-12(15)5-3-11/h2-10H,1H3/b16-10+. The van der Waals surface area contributed by atoms with Crippen molar-refractivity contribution in [3.8, 4) is 5.75 Å². The van der Waals surface area contributed by atoms with Gasteiger partial charge in [0, 0.05) is 11.2 Å². The minimum Gasteiger partial charge on any atom is -0.497 e. The Morgan fingerprint density at radius 3 is 2.24 bits per heavy atom. The van der Waals surface area contributed by atoms with Crippen LogP contribution in [0.1, 0.15) is 5.56 Å². The van der Waals surface area contributed by atoms with Gasteiger partial charge in [0.15, 0.2) is 0 Å². The highest BCUT2D eigenvalue weighted by molar-refractivity contribution is 6.30. The van der Waals surface area contributed by atoms with Crippen LogP contribution in [0.15, 0.2) is 53.5 Å². The summed E-state index contributed by atoms with van der Waals surface area (Å²) < 4.78 is 5.08. The monoisotopic (exact) mass is 245 g/mol. The van der Waals surface area contributed by atoms with Gasteiger partial charge in [-0.15, -0.1) is 0 Å². The molecule has 0 unspecified atom stereocenters. The number of hydrogen-bond donors (Lipinski definition) is 0. The fraction of sp³-hybridized carbons (Fsp3) is 0.0714. The summed E-state index contributed by atoms with van der Waals surface area (Å²) in [7, 11) is 1.64.